The molecule has 0 spiro atoms. The van der Waals surface area contributed by atoms with Gasteiger partial charge in [-0.2, -0.15) is 0 Å². The molecule has 2 unspecified atom stereocenters. The van der Waals surface area contributed by atoms with Crippen LogP contribution in [0, 0.1) is 10.1 Å². The van der Waals surface area contributed by atoms with E-state index in [1.54, 1.807) is 23.4 Å². The first-order valence-corrected chi connectivity index (χ1v) is 6.26. The lowest BCUT2D eigenvalue weighted by Gasteiger charge is -2.30. The van der Waals surface area contributed by atoms with Crippen molar-refractivity contribution < 1.29 is 9.66 Å². The fourth-order valence-electron chi connectivity index (χ4n) is 2.24. The van der Waals surface area contributed by atoms with Gasteiger partial charge in [0.15, 0.2) is 12.4 Å². The third kappa shape index (κ3) is 2.25. The molecule has 0 aromatic heterocycles. The van der Waals surface area contributed by atoms with Crippen LogP contribution in [-0.2, 0) is 4.74 Å². The Labute approximate surface area is 118 Å². The molecule has 4 atom stereocenters. The second-order valence-electron chi connectivity index (χ2n) is 4.46. The van der Waals surface area contributed by atoms with Crippen molar-refractivity contribution in [2.45, 2.75) is 24.5 Å². The van der Waals surface area contributed by atoms with Crippen LogP contribution < -0.4 is 5.73 Å². The summed E-state index contributed by atoms with van der Waals surface area (Å²) < 4.78 is 5.56. The van der Waals surface area contributed by atoms with Gasteiger partial charge in [0.25, 0.3) is 0 Å². The number of ether oxygens (including phenoxy) is 1. The van der Waals surface area contributed by atoms with Crippen LogP contribution in [0.4, 0.5) is 0 Å². The minimum Gasteiger partial charge on any atom is -0.368 e. The highest BCUT2D eigenvalue weighted by atomic mass is 35.5. The minimum atomic E-state index is -0.559. The maximum atomic E-state index is 10.5. The van der Waals surface area contributed by atoms with Gasteiger partial charge in [-0.3, -0.25) is 15.1 Å². The van der Waals surface area contributed by atoms with E-state index < -0.39 is 29.5 Å². The van der Waals surface area contributed by atoms with Crippen LogP contribution >= 0.6 is 11.6 Å². The zero-order valence-electron chi connectivity index (χ0n) is 10.2. The second kappa shape index (κ2) is 4.84. The molecule has 0 saturated heterocycles. The molecule has 3 heterocycles. The van der Waals surface area contributed by atoms with Crippen molar-refractivity contribution in [3.05, 3.63) is 22.3 Å². The summed E-state index contributed by atoms with van der Waals surface area (Å²) in [7, 11) is 0. The van der Waals surface area contributed by atoms with Gasteiger partial charge in [-0.1, -0.05) is 11.6 Å². The molecule has 2 N–H and O–H groups in total. The normalized spacial score (nSPS) is 35.0. The summed E-state index contributed by atoms with van der Waals surface area (Å²) in [5.41, 5.74) is 5.58. The van der Waals surface area contributed by atoms with Crippen LogP contribution in [-0.4, -0.2) is 58.4 Å². The standard InChI is InChI=1S/C10H11ClN6O3/c11-8-7-9(15-10(12)14-8)16(4-13-7)6-2-1-5(20-6)3-17(18)19/h1-2,4-7,9H,3H2,(H2,12,15)/t5-,6+,7?,9?/m0/s1. The first-order chi connectivity index (χ1) is 9.54. The van der Waals surface area contributed by atoms with E-state index in [0.717, 1.165) is 0 Å². The number of guanidine groups is 1. The van der Waals surface area contributed by atoms with Crippen LogP contribution in [0.3, 0.4) is 0 Å². The summed E-state index contributed by atoms with van der Waals surface area (Å²) >= 11 is 5.98. The fourth-order valence-corrected chi connectivity index (χ4v) is 2.50. The molecule has 0 saturated carbocycles. The third-order valence-electron chi connectivity index (χ3n) is 3.11. The average Bonchev–Trinajstić information content (AvgIpc) is 2.94. The van der Waals surface area contributed by atoms with Gasteiger partial charge in [-0.15, -0.1) is 0 Å². The third-order valence-corrected chi connectivity index (χ3v) is 3.41. The van der Waals surface area contributed by atoms with Crippen molar-refractivity contribution in [3.63, 3.8) is 0 Å². The van der Waals surface area contributed by atoms with Crippen molar-refractivity contribution in [3.8, 4) is 0 Å². The Bertz CT molecular complexity index is 559. The number of aliphatic imine (C=N–C) groups is 3. The second-order valence-corrected chi connectivity index (χ2v) is 4.84. The Morgan fingerprint density at radius 3 is 3.10 bits per heavy atom. The van der Waals surface area contributed by atoms with Crippen LogP contribution in [0.2, 0.25) is 0 Å². The highest BCUT2D eigenvalue weighted by Gasteiger charge is 2.41. The van der Waals surface area contributed by atoms with Crippen LogP contribution in [0.1, 0.15) is 0 Å². The zero-order chi connectivity index (χ0) is 14.3. The average molecular weight is 299 g/mol. The van der Waals surface area contributed by atoms with Crippen molar-refractivity contribution >= 4 is 29.1 Å². The lowest BCUT2D eigenvalue weighted by atomic mass is 10.2. The quantitative estimate of drug-likeness (QED) is 0.430. The number of hydrogen-bond donors (Lipinski definition) is 1. The summed E-state index contributed by atoms with van der Waals surface area (Å²) in [6.45, 7) is -0.278. The van der Waals surface area contributed by atoms with Gasteiger partial charge in [-0.05, 0) is 12.2 Å². The summed E-state index contributed by atoms with van der Waals surface area (Å²) in [6, 6.07) is -0.407. The molecule has 0 radical (unpaired) electrons. The molecular formula is C10H11ClN6O3. The van der Waals surface area contributed by atoms with Crippen LogP contribution in [0.15, 0.2) is 27.1 Å². The molecule has 3 aliphatic heterocycles. The Kier molecular flexibility index (Phi) is 3.14. The minimum absolute atomic E-state index is 0.0792. The van der Waals surface area contributed by atoms with Gasteiger partial charge in [0.2, 0.25) is 12.5 Å². The molecule has 0 amide bonds. The van der Waals surface area contributed by atoms with Gasteiger partial charge >= 0.3 is 0 Å². The number of fused-ring (bicyclic) bond motifs is 1. The van der Waals surface area contributed by atoms with Gasteiger partial charge in [0.05, 0.1) is 6.34 Å². The van der Waals surface area contributed by atoms with Crippen molar-refractivity contribution in [2.75, 3.05) is 6.54 Å². The lowest BCUT2D eigenvalue weighted by Crippen LogP contribution is -2.46. The number of rotatable bonds is 3. The first-order valence-electron chi connectivity index (χ1n) is 5.88. The number of hydrogen-bond acceptors (Lipinski definition) is 8. The Morgan fingerprint density at radius 1 is 1.55 bits per heavy atom. The SMILES string of the molecule is NC1=NC2C(N=CN2[C@H]2C=C[C@@H](C[N+](=O)[O-])O2)C(Cl)=N1. The maximum Gasteiger partial charge on any atom is 0.233 e. The van der Waals surface area contributed by atoms with Crippen molar-refractivity contribution in [1.29, 1.82) is 0 Å². The van der Waals surface area contributed by atoms with Gasteiger partial charge in [-0.25, -0.2) is 9.98 Å². The van der Waals surface area contributed by atoms with E-state index in [9.17, 15) is 10.1 Å². The molecular weight excluding hydrogens is 288 g/mol. The Hall–Kier alpha value is -2.00. The maximum absolute atomic E-state index is 10.5. The van der Waals surface area contributed by atoms with Crippen LogP contribution in [0.25, 0.3) is 0 Å². The van der Waals surface area contributed by atoms with Gasteiger partial charge < -0.3 is 15.4 Å². The van der Waals surface area contributed by atoms with E-state index in [-0.39, 0.29) is 17.7 Å². The van der Waals surface area contributed by atoms with E-state index >= 15 is 0 Å². The molecule has 0 bridgehead atoms. The highest BCUT2D eigenvalue weighted by molar-refractivity contribution is 6.67. The van der Waals surface area contributed by atoms with Crippen molar-refractivity contribution in [2.24, 2.45) is 20.7 Å². The Balaban J connectivity index is 1.72. The molecule has 0 aromatic carbocycles. The number of halogens is 1. The van der Waals surface area contributed by atoms with Gasteiger partial charge in [0, 0.05) is 4.92 Å². The van der Waals surface area contributed by atoms with E-state index in [2.05, 4.69) is 15.0 Å². The van der Waals surface area contributed by atoms with E-state index in [0.29, 0.717) is 0 Å². The summed E-state index contributed by atoms with van der Waals surface area (Å²) in [5.74, 6) is 0.0792. The summed E-state index contributed by atoms with van der Waals surface area (Å²) in [4.78, 5) is 24.0. The zero-order valence-corrected chi connectivity index (χ0v) is 10.9. The molecule has 106 valence electrons. The van der Waals surface area contributed by atoms with Crippen molar-refractivity contribution in [1.82, 2.24) is 4.90 Å². The topological polar surface area (TPSA) is 119 Å². The van der Waals surface area contributed by atoms with Gasteiger partial charge in [0.1, 0.15) is 17.3 Å². The van der Waals surface area contributed by atoms with E-state index in [1.165, 1.54) is 0 Å². The number of nitrogens with two attached hydrogens (primary N) is 1. The molecule has 3 aliphatic rings. The summed E-state index contributed by atoms with van der Waals surface area (Å²) in [5, 5.41) is 10.7. The first kappa shape index (κ1) is 13.0. The van der Waals surface area contributed by atoms with E-state index in [4.69, 9.17) is 22.1 Å². The molecule has 3 rings (SSSR count). The monoisotopic (exact) mass is 298 g/mol. The predicted octanol–water partition coefficient (Wildman–Crippen LogP) is -0.452. The molecule has 0 aromatic rings. The van der Waals surface area contributed by atoms with E-state index in [1.807, 2.05) is 0 Å². The molecule has 0 fully saturated rings. The molecule has 0 aliphatic carbocycles. The molecule has 9 nitrogen and oxygen atoms in total. The smallest absolute Gasteiger partial charge is 0.233 e. The number of nitrogens with zero attached hydrogens (tertiary/aromatic N) is 5. The number of nitro groups is 1. The largest absolute Gasteiger partial charge is 0.368 e. The predicted molar refractivity (Wildman–Crippen MR) is 72.5 cm³/mol. The fraction of sp³-hybridized carbons (Fsp3) is 0.500. The van der Waals surface area contributed by atoms with Crippen LogP contribution in [0.5, 0.6) is 0 Å². The molecule has 10 heteroatoms. The highest BCUT2D eigenvalue weighted by Crippen LogP contribution is 2.26. The Morgan fingerprint density at radius 2 is 2.35 bits per heavy atom. The molecule has 20 heavy (non-hydrogen) atoms. The lowest BCUT2D eigenvalue weighted by molar-refractivity contribution is -0.489. The summed E-state index contributed by atoms with van der Waals surface area (Å²) in [6.07, 6.45) is 3.48.